The van der Waals surface area contributed by atoms with Gasteiger partial charge in [0, 0.05) is 17.2 Å². The third-order valence-electron chi connectivity index (χ3n) is 2.85. The topological polar surface area (TPSA) is 33.2 Å². The molecule has 2 aromatic rings. The largest absolute Gasteiger partial charge is 0.336 e. The van der Waals surface area contributed by atoms with Gasteiger partial charge in [0.15, 0.2) is 0 Å². The summed E-state index contributed by atoms with van der Waals surface area (Å²) in [6.45, 7) is 2.37. The Morgan fingerprint density at radius 1 is 1.35 bits per heavy atom. The number of benzene rings is 1. The predicted molar refractivity (Wildman–Crippen MR) is 83.9 cm³/mol. The number of halogens is 2. The summed E-state index contributed by atoms with van der Waals surface area (Å²) in [6.07, 6.45) is 0. The second-order valence-electron chi connectivity index (χ2n) is 4.56. The van der Waals surface area contributed by atoms with Crippen LogP contribution in [0.3, 0.4) is 0 Å². The number of rotatable bonds is 3. The molecule has 0 atom stereocenters. The molecular weight excluding hydrogens is 340 g/mol. The summed E-state index contributed by atoms with van der Waals surface area (Å²) in [5.74, 6) is -0.125. The van der Waals surface area contributed by atoms with Gasteiger partial charge < -0.3 is 4.90 Å². The Morgan fingerprint density at radius 3 is 2.80 bits per heavy atom. The molecule has 0 aliphatic rings. The molecule has 104 valence electrons. The van der Waals surface area contributed by atoms with E-state index in [0.717, 1.165) is 15.9 Å². The van der Waals surface area contributed by atoms with E-state index in [1.54, 1.807) is 30.1 Å². The van der Waals surface area contributed by atoms with E-state index in [-0.39, 0.29) is 5.91 Å². The van der Waals surface area contributed by atoms with Crippen molar-refractivity contribution in [1.82, 2.24) is 9.88 Å². The third kappa shape index (κ3) is 3.58. The second kappa shape index (κ2) is 6.37. The zero-order valence-electron chi connectivity index (χ0n) is 11.2. The van der Waals surface area contributed by atoms with Crippen LogP contribution in [-0.2, 0) is 6.54 Å². The van der Waals surface area contributed by atoms with E-state index >= 15 is 0 Å². The standard InChI is InChI=1S/C15H14BrClN2O/c1-10-4-3-5-12(18-10)9-19(2)15(20)13-8-11(16)6-7-14(13)17/h3-8H,9H2,1-2H3. The van der Waals surface area contributed by atoms with Crippen molar-refractivity contribution in [3.05, 3.63) is 62.8 Å². The highest BCUT2D eigenvalue weighted by atomic mass is 79.9. The summed E-state index contributed by atoms with van der Waals surface area (Å²) in [6, 6.07) is 11.0. The fourth-order valence-electron chi connectivity index (χ4n) is 1.87. The summed E-state index contributed by atoms with van der Waals surface area (Å²) < 4.78 is 0.826. The van der Waals surface area contributed by atoms with E-state index in [2.05, 4.69) is 20.9 Å². The Labute approximate surface area is 131 Å². The highest BCUT2D eigenvalue weighted by Crippen LogP contribution is 2.22. The smallest absolute Gasteiger partial charge is 0.255 e. The maximum atomic E-state index is 12.4. The molecular formula is C15H14BrClN2O. The first-order valence-electron chi connectivity index (χ1n) is 6.10. The molecule has 3 nitrogen and oxygen atoms in total. The summed E-state index contributed by atoms with van der Waals surface area (Å²) in [5.41, 5.74) is 2.27. The van der Waals surface area contributed by atoms with Crippen LogP contribution in [-0.4, -0.2) is 22.8 Å². The fraction of sp³-hybridized carbons (Fsp3) is 0.200. The number of nitrogens with zero attached hydrogens (tertiary/aromatic N) is 2. The minimum absolute atomic E-state index is 0.125. The summed E-state index contributed by atoms with van der Waals surface area (Å²) in [4.78, 5) is 18.4. The molecule has 0 aliphatic heterocycles. The van der Waals surface area contributed by atoms with Gasteiger partial charge in [-0.15, -0.1) is 0 Å². The molecule has 0 aliphatic carbocycles. The van der Waals surface area contributed by atoms with Crippen LogP contribution in [0.15, 0.2) is 40.9 Å². The lowest BCUT2D eigenvalue weighted by molar-refractivity contribution is 0.0783. The molecule has 1 aromatic carbocycles. The zero-order chi connectivity index (χ0) is 14.7. The maximum Gasteiger partial charge on any atom is 0.255 e. The molecule has 1 aromatic heterocycles. The minimum atomic E-state index is -0.125. The van der Waals surface area contributed by atoms with Crippen LogP contribution in [0.5, 0.6) is 0 Å². The Morgan fingerprint density at radius 2 is 2.10 bits per heavy atom. The highest BCUT2D eigenvalue weighted by Gasteiger charge is 2.16. The molecule has 20 heavy (non-hydrogen) atoms. The first-order chi connectivity index (χ1) is 9.47. The van der Waals surface area contributed by atoms with Gasteiger partial charge in [0.25, 0.3) is 5.91 Å². The summed E-state index contributed by atoms with van der Waals surface area (Å²) >= 11 is 9.43. The molecule has 0 bridgehead atoms. The van der Waals surface area contributed by atoms with Gasteiger partial charge in [-0.2, -0.15) is 0 Å². The number of hydrogen-bond donors (Lipinski definition) is 0. The molecule has 0 radical (unpaired) electrons. The van der Waals surface area contributed by atoms with Crippen molar-refractivity contribution in [2.45, 2.75) is 13.5 Å². The highest BCUT2D eigenvalue weighted by molar-refractivity contribution is 9.10. The molecule has 0 N–H and O–H groups in total. The summed E-state index contributed by atoms with van der Waals surface area (Å²) in [7, 11) is 1.74. The molecule has 0 saturated carbocycles. The van der Waals surface area contributed by atoms with E-state index < -0.39 is 0 Å². The van der Waals surface area contributed by atoms with E-state index in [4.69, 9.17) is 11.6 Å². The van der Waals surface area contributed by atoms with Gasteiger partial charge >= 0.3 is 0 Å². The minimum Gasteiger partial charge on any atom is -0.336 e. The van der Waals surface area contributed by atoms with Crippen LogP contribution in [0.2, 0.25) is 5.02 Å². The van der Waals surface area contributed by atoms with E-state index in [0.29, 0.717) is 17.1 Å². The number of pyridine rings is 1. The van der Waals surface area contributed by atoms with E-state index in [9.17, 15) is 4.79 Å². The lowest BCUT2D eigenvalue weighted by Gasteiger charge is -2.18. The van der Waals surface area contributed by atoms with E-state index in [1.807, 2.05) is 25.1 Å². The number of carbonyl (C=O) groups is 1. The van der Waals surface area contributed by atoms with Crippen LogP contribution in [0.4, 0.5) is 0 Å². The number of hydrogen-bond acceptors (Lipinski definition) is 2. The lowest BCUT2D eigenvalue weighted by Crippen LogP contribution is -2.27. The van der Waals surface area contributed by atoms with Crippen LogP contribution < -0.4 is 0 Å². The molecule has 0 unspecified atom stereocenters. The lowest BCUT2D eigenvalue weighted by atomic mass is 10.2. The van der Waals surface area contributed by atoms with Gasteiger partial charge in [0.1, 0.15) is 0 Å². The average molecular weight is 354 g/mol. The van der Waals surface area contributed by atoms with Gasteiger partial charge in [-0.1, -0.05) is 33.6 Å². The predicted octanol–water partition coefficient (Wildman–Crippen LogP) is 4.08. The van der Waals surface area contributed by atoms with Gasteiger partial charge in [0.05, 0.1) is 22.8 Å². The van der Waals surface area contributed by atoms with Crippen molar-refractivity contribution in [3.8, 4) is 0 Å². The van der Waals surface area contributed by atoms with Crippen molar-refractivity contribution in [2.75, 3.05) is 7.05 Å². The Bertz CT molecular complexity index is 646. The number of aryl methyl sites for hydroxylation is 1. The van der Waals surface area contributed by atoms with Crippen molar-refractivity contribution < 1.29 is 4.79 Å². The molecule has 0 saturated heterocycles. The van der Waals surface area contributed by atoms with Crippen LogP contribution in [0.1, 0.15) is 21.7 Å². The molecule has 0 spiro atoms. The third-order valence-corrected chi connectivity index (χ3v) is 3.67. The first-order valence-corrected chi connectivity index (χ1v) is 7.27. The fourth-order valence-corrected chi connectivity index (χ4v) is 2.43. The second-order valence-corrected chi connectivity index (χ2v) is 5.88. The molecule has 2 rings (SSSR count). The van der Waals surface area contributed by atoms with Crippen LogP contribution in [0, 0.1) is 6.92 Å². The van der Waals surface area contributed by atoms with Crippen molar-refractivity contribution >= 4 is 33.4 Å². The van der Waals surface area contributed by atoms with Crippen molar-refractivity contribution in [2.24, 2.45) is 0 Å². The van der Waals surface area contributed by atoms with Crippen molar-refractivity contribution in [1.29, 1.82) is 0 Å². The van der Waals surface area contributed by atoms with Gasteiger partial charge in [0.2, 0.25) is 0 Å². The summed E-state index contributed by atoms with van der Waals surface area (Å²) in [5, 5.41) is 0.447. The molecule has 0 fully saturated rings. The quantitative estimate of drug-likeness (QED) is 0.833. The van der Waals surface area contributed by atoms with Crippen molar-refractivity contribution in [3.63, 3.8) is 0 Å². The Balaban J connectivity index is 2.18. The number of amides is 1. The van der Waals surface area contributed by atoms with Gasteiger partial charge in [-0.3, -0.25) is 9.78 Å². The number of carbonyl (C=O) groups excluding carboxylic acids is 1. The van der Waals surface area contributed by atoms with E-state index in [1.165, 1.54) is 0 Å². The molecule has 5 heteroatoms. The maximum absolute atomic E-state index is 12.4. The molecule has 1 amide bonds. The van der Waals surface area contributed by atoms with Gasteiger partial charge in [-0.05, 0) is 37.3 Å². The molecule has 1 heterocycles. The SMILES string of the molecule is Cc1cccc(CN(C)C(=O)c2cc(Br)ccc2Cl)n1. The van der Waals surface area contributed by atoms with Crippen LogP contribution in [0.25, 0.3) is 0 Å². The normalized spacial score (nSPS) is 10.4. The Kier molecular flexibility index (Phi) is 4.78. The zero-order valence-corrected chi connectivity index (χ0v) is 13.6. The van der Waals surface area contributed by atoms with Crippen LogP contribution >= 0.6 is 27.5 Å². The monoisotopic (exact) mass is 352 g/mol. The first kappa shape index (κ1) is 15.0. The Hall–Kier alpha value is -1.39. The number of aromatic nitrogens is 1. The average Bonchev–Trinajstić information content (AvgIpc) is 2.40. The van der Waals surface area contributed by atoms with Gasteiger partial charge in [-0.25, -0.2) is 0 Å².